The number of aromatic amines is 1. The van der Waals surface area contributed by atoms with Crippen LogP contribution < -0.4 is 11.0 Å². The van der Waals surface area contributed by atoms with Crippen LogP contribution in [0.25, 0.3) is 11.1 Å². The summed E-state index contributed by atoms with van der Waals surface area (Å²) in [5, 5.41) is 14.5. The van der Waals surface area contributed by atoms with E-state index in [2.05, 4.69) is 5.43 Å². The Morgan fingerprint density at radius 3 is 2.41 bits per heavy atom. The Morgan fingerprint density at radius 1 is 0.973 bits per heavy atom. The van der Waals surface area contributed by atoms with Gasteiger partial charge in [0.15, 0.2) is 6.10 Å². The van der Waals surface area contributed by atoms with Gasteiger partial charge in [-0.15, -0.1) is 0 Å². The van der Waals surface area contributed by atoms with Crippen LogP contribution in [0.1, 0.15) is 21.7 Å². The van der Waals surface area contributed by atoms with Crippen molar-refractivity contribution in [3.63, 3.8) is 0 Å². The summed E-state index contributed by atoms with van der Waals surface area (Å²) in [6.45, 7) is -0.133. The SMILES string of the molecule is O=C(NN(Cc1ccc(-c2cccc(Cl)c2)cc1)CC(O)C(=O)OCc1ccccc1)c1cc(=O)[nH]o1. The molecular weight excluding hydrogens is 498 g/mol. The van der Waals surface area contributed by atoms with Gasteiger partial charge in [-0.25, -0.2) is 9.80 Å². The summed E-state index contributed by atoms with van der Waals surface area (Å²) in [6, 6.07) is 25.0. The zero-order chi connectivity index (χ0) is 26.2. The fourth-order valence-electron chi connectivity index (χ4n) is 3.54. The number of carbonyl (C=O) groups excluding carboxylic acids is 2. The van der Waals surface area contributed by atoms with Crippen LogP contribution >= 0.6 is 11.6 Å². The minimum atomic E-state index is -1.55. The Hall–Kier alpha value is -4.18. The zero-order valence-electron chi connectivity index (χ0n) is 19.6. The monoisotopic (exact) mass is 521 g/mol. The molecule has 0 saturated carbocycles. The number of nitrogens with zero attached hydrogens (tertiary/aromatic N) is 1. The fraction of sp³-hybridized carbons (Fsp3) is 0.148. The summed E-state index contributed by atoms with van der Waals surface area (Å²) in [5.41, 5.74) is 5.44. The summed E-state index contributed by atoms with van der Waals surface area (Å²) >= 11 is 6.09. The maximum Gasteiger partial charge on any atom is 0.336 e. The van der Waals surface area contributed by atoms with Gasteiger partial charge in [0, 0.05) is 11.6 Å². The molecule has 3 N–H and O–H groups in total. The van der Waals surface area contributed by atoms with Crippen molar-refractivity contribution in [1.82, 2.24) is 15.6 Å². The summed E-state index contributed by atoms with van der Waals surface area (Å²) in [7, 11) is 0. The van der Waals surface area contributed by atoms with E-state index < -0.39 is 23.5 Å². The number of aliphatic hydroxyl groups excluding tert-OH is 1. The molecule has 4 aromatic rings. The van der Waals surface area contributed by atoms with Crippen molar-refractivity contribution in [2.24, 2.45) is 0 Å². The Bertz CT molecular complexity index is 1400. The van der Waals surface area contributed by atoms with Crippen LogP contribution in [0.2, 0.25) is 5.02 Å². The van der Waals surface area contributed by atoms with E-state index in [4.69, 9.17) is 20.9 Å². The molecule has 0 saturated heterocycles. The molecule has 0 aliphatic rings. The number of halogens is 1. The summed E-state index contributed by atoms with van der Waals surface area (Å²) in [4.78, 5) is 36.3. The third-order valence-corrected chi connectivity index (χ3v) is 5.62. The van der Waals surface area contributed by atoms with Gasteiger partial charge in [0.1, 0.15) is 6.61 Å². The lowest BCUT2D eigenvalue weighted by Gasteiger charge is -2.24. The third-order valence-electron chi connectivity index (χ3n) is 5.38. The normalized spacial score (nSPS) is 11.8. The molecule has 3 aromatic carbocycles. The molecule has 1 aromatic heterocycles. The second-order valence-electron chi connectivity index (χ2n) is 8.21. The highest BCUT2D eigenvalue weighted by molar-refractivity contribution is 6.30. The van der Waals surface area contributed by atoms with Crippen LogP contribution in [0.5, 0.6) is 0 Å². The molecule has 1 heterocycles. The molecule has 4 rings (SSSR count). The molecule has 9 nitrogen and oxygen atoms in total. The average molecular weight is 522 g/mol. The first-order valence-corrected chi connectivity index (χ1v) is 11.7. The largest absolute Gasteiger partial charge is 0.459 e. The van der Waals surface area contributed by atoms with Crippen LogP contribution in [0.15, 0.2) is 94.2 Å². The minimum Gasteiger partial charge on any atom is -0.459 e. The van der Waals surface area contributed by atoms with Crippen molar-refractivity contribution in [1.29, 1.82) is 0 Å². The van der Waals surface area contributed by atoms with Crippen molar-refractivity contribution in [2.75, 3.05) is 6.54 Å². The second kappa shape index (κ2) is 12.2. The number of aliphatic hydroxyl groups is 1. The van der Waals surface area contributed by atoms with Crippen molar-refractivity contribution in [2.45, 2.75) is 19.3 Å². The smallest absolute Gasteiger partial charge is 0.336 e. The van der Waals surface area contributed by atoms with Gasteiger partial charge in [-0.3, -0.25) is 15.0 Å². The fourth-order valence-corrected chi connectivity index (χ4v) is 3.73. The number of rotatable bonds is 10. The molecule has 10 heteroatoms. The van der Waals surface area contributed by atoms with Gasteiger partial charge in [-0.1, -0.05) is 78.3 Å². The van der Waals surface area contributed by atoms with Gasteiger partial charge < -0.3 is 14.4 Å². The number of carbonyl (C=O) groups is 2. The summed E-state index contributed by atoms with van der Waals surface area (Å²) in [5.74, 6) is -1.81. The molecule has 0 aliphatic heterocycles. The van der Waals surface area contributed by atoms with E-state index in [0.717, 1.165) is 28.3 Å². The van der Waals surface area contributed by atoms with Crippen LogP contribution in [-0.2, 0) is 22.7 Å². The second-order valence-corrected chi connectivity index (χ2v) is 8.65. The molecule has 190 valence electrons. The first-order valence-electron chi connectivity index (χ1n) is 11.4. The molecule has 0 radical (unpaired) electrons. The number of esters is 1. The Labute approximate surface area is 217 Å². The van der Waals surface area contributed by atoms with Crippen molar-refractivity contribution < 1.29 is 24.0 Å². The van der Waals surface area contributed by atoms with Gasteiger partial charge in [0.05, 0.1) is 12.6 Å². The number of aromatic nitrogens is 1. The summed E-state index contributed by atoms with van der Waals surface area (Å²) < 4.78 is 10.1. The number of ether oxygens (including phenoxy) is 1. The number of hydrogen-bond donors (Lipinski definition) is 3. The highest BCUT2D eigenvalue weighted by Crippen LogP contribution is 2.23. The van der Waals surface area contributed by atoms with E-state index in [0.29, 0.717) is 5.02 Å². The first-order chi connectivity index (χ1) is 17.9. The highest BCUT2D eigenvalue weighted by atomic mass is 35.5. The van der Waals surface area contributed by atoms with E-state index in [1.165, 1.54) is 5.01 Å². The topological polar surface area (TPSA) is 125 Å². The Morgan fingerprint density at radius 2 is 1.73 bits per heavy atom. The average Bonchev–Trinajstić information content (AvgIpc) is 3.34. The molecule has 0 fully saturated rings. The van der Waals surface area contributed by atoms with E-state index in [1.807, 2.05) is 65.8 Å². The maximum absolute atomic E-state index is 12.6. The van der Waals surface area contributed by atoms with Gasteiger partial charge in [0.25, 0.3) is 5.56 Å². The van der Waals surface area contributed by atoms with Gasteiger partial charge in [-0.2, -0.15) is 5.16 Å². The van der Waals surface area contributed by atoms with Crippen LogP contribution in [-0.4, -0.2) is 39.8 Å². The molecule has 1 amide bonds. The van der Waals surface area contributed by atoms with Crippen molar-refractivity contribution in [3.05, 3.63) is 117 Å². The number of hydrogen-bond acceptors (Lipinski definition) is 7. The molecule has 0 bridgehead atoms. The van der Waals surface area contributed by atoms with Crippen LogP contribution in [0.3, 0.4) is 0 Å². The van der Waals surface area contributed by atoms with Gasteiger partial charge in [0.2, 0.25) is 5.76 Å². The number of hydrazine groups is 1. The number of amides is 1. The van der Waals surface area contributed by atoms with E-state index in [1.54, 1.807) is 18.2 Å². The lowest BCUT2D eigenvalue weighted by atomic mass is 10.0. The lowest BCUT2D eigenvalue weighted by molar-refractivity contribution is -0.156. The van der Waals surface area contributed by atoms with Gasteiger partial charge >= 0.3 is 11.9 Å². The lowest BCUT2D eigenvalue weighted by Crippen LogP contribution is -2.47. The van der Waals surface area contributed by atoms with E-state index in [9.17, 15) is 19.5 Å². The van der Waals surface area contributed by atoms with Crippen molar-refractivity contribution >= 4 is 23.5 Å². The van der Waals surface area contributed by atoms with Crippen molar-refractivity contribution in [3.8, 4) is 11.1 Å². The molecule has 0 spiro atoms. The van der Waals surface area contributed by atoms with Crippen LogP contribution in [0.4, 0.5) is 0 Å². The standard InChI is InChI=1S/C27H24ClN3O6/c28-22-8-4-7-21(13-22)20-11-9-18(10-12-20)15-31(29-26(34)24-14-25(33)30-37-24)16-23(32)27(35)36-17-19-5-2-1-3-6-19/h1-14,23,32H,15-17H2,(H,29,34)(H,30,33). The minimum absolute atomic E-state index is 0.00254. The van der Waals surface area contributed by atoms with Crippen LogP contribution in [0, 0.1) is 0 Å². The molecule has 1 unspecified atom stereocenters. The molecule has 1 atom stereocenters. The molecular formula is C27H24ClN3O6. The zero-order valence-corrected chi connectivity index (χ0v) is 20.4. The first kappa shape index (κ1) is 25.9. The highest BCUT2D eigenvalue weighted by Gasteiger charge is 2.23. The molecule has 0 aliphatic carbocycles. The van der Waals surface area contributed by atoms with E-state index in [-0.39, 0.29) is 25.5 Å². The number of nitrogens with one attached hydrogen (secondary N) is 2. The van der Waals surface area contributed by atoms with Gasteiger partial charge in [-0.05, 0) is 34.4 Å². The quantitative estimate of drug-likeness (QED) is 0.215. The molecule has 37 heavy (non-hydrogen) atoms. The number of H-pyrrole nitrogens is 1. The number of benzene rings is 3. The third kappa shape index (κ3) is 7.40. The summed E-state index contributed by atoms with van der Waals surface area (Å²) in [6.07, 6.45) is -1.55. The predicted octanol–water partition coefficient (Wildman–Crippen LogP) is 3.54. The predicted molar refractivity (Wildman–Crippen MR) is 136 cm³/mol. The Kier molecular flexibility index (Phi) is 8.52. The Balaban J connectivity index is 1.45. The maximum atomic E-state index is 12.6. The van der Waals surface area contributed by atoms with E-state index >= 15 is 0 Å².